The third kappa shape index (κ3) is 5.61. The predicted molar refractivity (Wildman–Crippen MR) is 146 cm³/mol. The van der Waals surface area contributed by atoms with Crippen LogP contribution in [0.4, 0.5) is 18.9 Å². The number of fused-ring (bicyclic) bond motifs is 1. The highest BCUT2D eigenvalue weighted by molar-refractivity contribution is 5.94. The minimum atomic E-state index is -0.513. The summed E-state index contributed by atoms with van der Waals surface area (Å²) in [6.07, 6.45) is 1.58. The normalized spacial score (nSPS) is 18.2. The maximum absolute atomic E-state index is 15.4. The van der Waals surface area contributed by atoms with Crippen LogP contribution in [0.15, 0.2) is 42.5 Å². The number of rotatable bonds is 9. The summed E-state index contributed by atoms with van der Waals surface area (Å²) >= 11 is 0. The molecule has 0 unspecified atom stereocenters. The van der Waals surface area contributed by atoms with Crippen molar-refractivity contribution in [1.82, 2.24) is 4.90 Å². The average Bonchev–Trinajstić information content (AvgIpc) is 3.57. The van der Waals surface area contributed by atoms with Gasteiger partial charge in [-0.3, -0.25) is 9.69 Å². The number of halogens is 3. The summed E-state index contributed by atoms with van der Waals surface area (Å²) in [6, 6.07) is 10.4. The van der Waals surface area contributed by atoms with Crippen molar-refractivity contribution in [3.63, 3.8) is 0 Å². The van der Waals surface area contributed by atoms with Gasteiger partial charge in [0.15, 0.2) is 11.6 Å². The second-order valence-corrected chi connectivity index (χ2v) is 10.1. The third-order valence-corrected chi connectivity index (χ3v) is 7.61. The second kappa shape index (κ2) is 11.8. The first-order valence-electron chi connectivity index (χ1n) is 13.7. The van der Waals surface area contributed by atoms with E-state index in [9.17, 15) is 13.6 Å². The van der Waals surface area contributed by atoms with E-state index in [0.717, 1.165) is 11.1 Å². The van der Waals surface area contributed by atoms with Crippen molar-refractivity contribution in [2.75, 3.05) is 31.8 Å². The summed E-state index contributed by atoms with van der Waals surface area (Å²) in [4.78, 5) is 15.3. The summed E-state index contributed by atoms with van der Waals surface area (Å²) < 4.78 is 60.3. The van der Waals surface area contributed by atoms with Crippen molar-refractivity contribution in [3.05, 3.63) is 82.2 Å². The number of anilines is 1. The number of carbonyl (C=O) groups is 1. The first-order chi connectivity index (χ1) is 19.3. The molecule has 1 fully saturated rings. The zero-order valence-electron chi connectivity index (χ0n) is 22.9. The summed E-state index contributed by atoms with van der Waals surface area (Å²) in [5.41, 5.74) is 3.18. The Morgan fingerprint density at radius 1 is 1.00 bits per heavy atom. The molecule has 6 nitrogen and oxygen atoms in total. The van der Waals surface area contributed by atoms with Crippen molar-refractivity contribution in [2.45, 2.75) is 52.0 Å². The molecular weight excluding hydrogens is 521 g/mol. The molecular formula is C31H33F3N2O4. The van der Waals surface area contributed by atoms with E-state index in [4.69, 9.17) is 14.2 Å². The van der Waals surface area contributed by atoms with Crippen LogP contribution in [0.2, 0.25) is 0 Å². The van der Waals surface area contributed by atoms with E-state index in [2.05, 4.69) is 5.32 Å². The molecule has 1 amide bonds. The van der Waals surface area contributed by atoms with E-state index in [1.165, 1.54) is 24.3 Å². The molecule has 3 aromatic carbocycles. The summed E-state index contributed by atoms with van der Waals surface area (Å²) in [7, 11) is 0. The fourth-order valence-corrected chi connectivity index (χ4v) is 5.71. The van der Waals surface area contributed by atoms with E-state index in [1.54, 1.807) is 18.2 Å². The van der Waals surface area contributed by atoms with Gasteiger partial charge < -0.3 is 19.5 Å². The van der Waals surface area contributed by atoms with Gasteiger partial charge in [0.25, 0.3) is 0 Å². The van der Waals surface area contributed by atoms with Crippen LogP contribution in [0.25, 0.3) is 0 Å². The lowest BCUT2D eigenvalue weighted by Gasteiger charge is -2.25. The number of ether oxygens (including phenoxy) is 3. The van der Waals surface area contributed by atoms with Gasteiger partial charge in [-0.2, -0.15) is 0 Å². The van der Waals surface area contributed by atoms with Crippen LogP contribution in [0, 0.1) is 17.5 Å². The lowest BCUT2D eigenvalue weighted by molar-refractivity contribution is -0.117. The van der Waals surface area contributed by atoms with Gasteiger partial charge in [0.1, 0.15) is 17.4 Å². The molecule has 0 aliphatic carbocycles. The first kappa shape index (κ1) is 27.8. The van der Waals surface area contributed by atoms with Crippen molar-refractivity contribution >= 4 is 11.6 Å². The van der Waals surface area contributed by atoms with Gasteiger partial charge in [0.05, 0.1) is 13.2 Å². The van der Waals surface area contributed by atoms with E-state index < -0.39 is 17.7 Å². The highest BCUT2D eigenvalue weighted by Gasteiger charge is 2.37. The molecule has 0 radical (unpaired) electrons. The van der Waals surface area contributed by atoms with Crippen LogP contribution in [-0.2, 0) is 17.6 Å². The summed E-state index contributed by atoms with van der Waals surface area (Å²) in [5.74, 6) is -0.900. The SMILES string of the molecule is CCOc1ccc([C@H]2C[C@@H](c3cc(F)c4c(c3)OCO4)CN2CC(=O)Nc2c(CC)cc(F)cc2CC)c(F)c1. The van der Waals surface area contributed by atoms with Crippen molar-refractivity contribution < 1.29 is 32.2 Å². The van der Waals surface area contributed by atoms with Crippen LogP contribution in [0.1, 0.15) is 61.4 Å². The number of hydrogen-bond donors (Lipinski definition) is 1. The Balaban J connectivity index is 1.44. The maximum atomic E-state index is 15.4. The topological polar surface area (TPSA) is 60.0 Å². The Morgan fingerprint density at radius 2 is 1.75 bits per heavy atom. The minimum Gasteiger partial charge on any atom is -0.494 e. The summed E-state index contributed by atoms with van der Waals surface area (Å²) in [5, 5.41) is 2.99. The molecule has 5 rings (SSSR count). The van der Waals surface area contributed by atoms with Crippen LogP contribution in [-0.4, -0.2) is 37.3 Å². The standard InChI is InChI=1S/C31H33F3N2O4/c1-4-18-9-22(32)10-19(5-2)30(18)35-29(37)16-36-15-21(20-11-26(34)31-28(13-20)39-17-40-31)12-27(36)24-8-7-23(38-6-3)14-25(24)33/h7-11,13-14,21,27H,4-6,12,15-17H2,1-3H3,(H,35,37)/t21-,27-/m1/s1. The molecule has 2 aliphatic rings. The van der Waals surface area contributed by atoms with E-state index in [1.807, 2.05) is 25.7 Å². The molecule has 0 saturated carbocycles. The molecule has 0 spiro atoms. The van der Waals surface area contributed by atoms with Gasteiger partial charge in [0.2, 0.25) is 18.4 Å². The fraction of sp³-hybridized carbons (Fsp3) is 0.387. The Labute approximate surface area is 232 Å². The molecule has 9 heteroatoms. The number of amides is 1. The van der Waals surface area contributed by atoms with Crippen LogP contribution >= 0.6 is 0 Å². The molecule has 212 valence electrons. The lowest BCUT2D eigenvalue weighted by Crippen LogP contribution is -2.34. The Morgan fingerprint density at radius 3 is 2.42 bits per heavy atom. The van der Waals surface area contributed by atoms with Gasteiger partial charge in [0, 0.05) is 29.9 Å². The molecule has 1 N–H and O–H groups in total. The smallest absolute Gasteiger partial charge is 0.238 e. The molecule has 1 saturated heterocycles. The first-order valence-corrected chi connectivity index (χ1v) is 13.7. The number of likely N-dealkylation sites (tertiary alicyclic amines) is 1. The molecule has 0 aromatic heterocycles. The molecule has 2 aliphatic heterocycles. The van der Waals surface area contributed by atoms with Gasteiger partial charge in [-0.1, -0.05) is 19.9 Å². The molecule has 2 atom stereocenters. The number of nitrogens with one attached hydrogen (secondary N) is 1. The monoisotopic (exact) mass is 554 g/mol. The zero-order valence-corrected chi connectivity index (χ0v) is 22.9. The van der Waals surface area contributed by atoms with Crippen molar-refractivity contribution in [3.8, 4) is 17.2 Å². The Bertz CT molecular complexity index is 1390. The van der Waals surface area contributed by atoms with Gasteiger partial charge in [-0.25, -0.2) is 13.2 Å². The Hall–Kier alpha value is -3.72. The predicted octanol–water partition coefficient (Wildman–Crippen LogP) is 6.53. The van der Waals surface area contributed by atoms with Crippen molar-refractivity contribution in [1.29, 1.82) is 0 Å². The number of hydrogen-bond acceptors (Lipinski definition) is 5. The van der Waals surface area contributed by atoms with Gasteiger partial charge >= 0.3 is 0 Å². The quantitative estimate of drug-likeness (QED) is 0.326. The molecule has 2 heterocycles. The third-order valence-electron chi connectivity index (χ3n) is 7.61. The van der Waals surface area contributed by atoms with E-state index in [0.29, 0.717) is 60.7 Å². The molecule has 0 bridgehead atoms. The number of carbonyl (C=O) groups excluding carboxylic acids is 1. The minimum absolute atomic E-state index is 0.0233. The number of benzene rings is 3. The van der Waals surface area contributed by atoms with Crippen LogP contribution in [0.5, 0.6) is 17.2 Å². The lowest BCUT2D eigenvalue weighted by atomic mass is 9.93. The highest BCUT2D eigenvalue weighted by Crippen LogP contribution is 2.45. The zero-order chi connectivity index (χ0) is 28.4. The van der Waals surface area contributed by atoms with Crippen LogP contribution < -0.4 is 19.5 Å². The fourth-order valence-electron chi connectivity index (χ4n) is 5.71. The number of aryl methyl sites for hydroxylation is 2. The van der Waals surface area contributed by atoms with Crippen molar-refractivity contribution in [2.24, 2.45) is 0 Å². The van der Waals surface area contributed by atoms with Gasteiger partial charge in [-0.05, 0) is 79.1 Å². The molecule has 3 aromatic rings. The van der Waals surface area contributed by atoms with E-state index in [-0.39, 0.29) is 36.7 Å². The highest BCUT2D eigenvalue weighted by atomic mass is 19.1. The largest absolute Gasteiger partial charge is 0.494 e. The summed E-state index contributed by atoms with van der Waals surface area (Å²) in [6.45, 7) is 6.38. The average molecular weight is 555 g/mol. The second-order valence-electron chi connectivity index (χ2n) is 10.1. The van der Waals surface area contributed by atoms with E-state index >= 15 is 4.39 Å². The maximum Gasteiger partial charge on any atom is 0.238 e. The Kier molecular flexibility index (Phi) is 8.21. The molecule has 40 heavy (non-hydrogen) atoms. The number of nitrogens with zero attached hydrogens (tertiary/aromatic N) is 1. The van der Waals surface area contributed by atoms with Gasteiger partial charge in [-0.15, -0.1) is 0 Å². The van der Waals surface area contributed by atoms with Crippen LogP contribution in [0.3, 0.4) is 0 Å².